The summed E-state index contributed by atoms with van der Waals surface area (Å²) in [6, 6.07) is 4.10. The molecule has 1 fully saturated rings. The smallest absolute Gasteiger partial charge is 0.185 e. The summed E-state index contributed by atoms with van der Waals surface area (Å²) in [6.07, 6.45) is 1.21. The van der Waals surface area contributed by atoms with Gasteiger partial charge in [0.25, 0.3) is 0 Å². The van der Waals surface area contributed by atoms with Crippen LogP contribution in [-0.2, 0) is 16.4 Å². The van der Waals surface area contributed by atoms with Crippen molar-refractivity contribution in [2.45, 2.75) is 24.6 Å². The highest BCUT2D eigenvalue weighted by atomic mass is 32.2. The fourth-order valence-corrected chi connectivity index (χ4v) is 4.29. The second kappa shape index (κ2) is 5.06. The van der Waals surface area contributed by atoms with Gasteiger partial charge in [-0.15, -0.1) is 5.10 Å². The van der Waals surface area contributed by atoms with Crippen LogP contribution in [-0.4, -0.2) is 39.6 Å². The largest absolute Gasteiger partial charge is 0.399 e. The van der Waals surface area contributed by atoms with E-state index in [1.165, 1.54) is 22.9 Å². The molecule has 1 aliphatic rings. The summed E-state index contributed by atoms with van der Waals surface area (Å²) in [6.45, 7) is 0.124. The van der Waals surface area contributed by atoms with Gasteiger partial charge in [-0.2, -0.15) is 0 Å². The van der Waals surface area contributed by atoms with Crippen molar-refractivity contribution in [3.63, 3.8) is 0 Å². The Balaban J connectivity index is 1.96. The molecule has 1 aliphatic heterocycles. The van der Waals surface area contributed by atoms with Crippen LogP contribution in [0.5, 0.6) is 0 Å². The minimum Gasteiger partial charge on any atom is -0.399 e. The van der Waals surface area contributed by atoms with Gasteiger partial charge in [-0.05, 0) is 41.5 Å². The van der Waals surface area contributed by atoms with Crippen LogP contribution in [0.3, 0.4) is 0 Å². The van der Waals surface area contributed by atoms with Crippen molar-refractivity contribution < 1.29 is 12.8 Å². The molecule has 21 heavy (non-hydrogen) atoms. The van der Waals surface area contributed by atoms with E-state index in [4.69, 9.17) is 5.73 Å². The van der Waals surface area contributed by atoms with Gasteiger partial charge in [-0.25, -0.2) is 17.5 Å². The predicted octanol–water partition coefficient (Wildman–Crippen LogP) is 0.639. The molecular formula is C12H14FN5O2S. The van der Waals surface area contributed by atoms with Crippen molar-refractivity contribution in [2.75, 3.05) is 11.5 Å². The highest BCUT2D eigenvalue weighted by Gasteiger charge is 2.32. The molecule has 1 saturated heterocycles. The fourth-order valence-electron chi connectivity index (χ4n) is 2.49. The normalized spacial score (nSPS) is 20.7. The predicted molar refractivity (Wildman–Crippen MR) is 74.4 cm³/mol. The first-order valence-electron chi connectivity index (χ1n) is 6.50. The molecule has 7 nitrogen and oxygen atoms in total. The second-order valence-electron chi connectivity index (χ2n) is 5.06. The lowest BCUT2D eigenvalue weighted by molar-refractivity contribution is 0.533. The lowest BCUT2D eigenvalue weighted by Crippen LogP contribution is -2.23. The van der Waals surface area contributed by atoms with Crippen LogP contribution in [0, 0.1) is 5.82 Å². The van der Waals surface area contributed by atoms with Crippen molar-refractivity contribution in [1.82, 2.24) is 20.2 Å². The third-order valence-electron chi connectivity index (χ3n) is 3.60. The van der Waals surface area contributed by atoms with E-state index in [0.29, 0.717) is 18.5 Å². The van der Waals surface area contributed by atoms with Crippen LogP contribution in [0.4, 0.5) is 10.1 Å². The zero-order valence-electron chi connectivity index (χ0n) is 11.1. The first-order valence-corrected chi connectivity index (χ1v) is 8.22. The molecule has 0 amide bonds. The van der Waals surface area contributed by atoms with Gasteiger partial charge in [-0.3, -0.25) is 0 Å². The second-order valence-corrected chi connectivity index (χ2v) is 7.46. The Morgan fingerprint density at radius 1 is 1.43 bits per heavy atom. The van der Waals surface area contributed by atoms with Crippen LogP contribution in [0.2, 0.25) is 0 Å². The summed E-state index contributed by atoms with van der Waals surface area (Å²) in [4.78, 5) is 0. The molecule has 1 aromatic heterocycles. The van der Waals surface area contributed by atoms with Crippen molar-refractivity contribution >= 4 is 15.5 Å². The number of nitrogens with zero attached hydrogens (tertiary/aromatic N) is 4. The van der Waals surface area contributed by atoms with E-state index in [9.17, 15) is 12.8 Å². The van der Waals surface area contributed by atoms with E-state index >= 15 is 0 Å². The number of nitrogens with two attached hydrogens (primary N) is 1. The maximum Gasteiger partial charge on any atom is 0.185 e. The third kappa shape index (κ3) is 2.60. The Labute approximate surface area is 120 Å². The number of hydrogen-bond acceptors (Lipinski definition) is 6. The summed E-state index contributed by atoms with van der Waals surface area (Å²) in [5, 5.41) is 10.6. The maximum atomic E-state index is 13.9. The van der Waals surface area contributed by atoms with Crippen molar-refractivity contribution in [1.29, 1.82) is 0 Å². The molecule has 2 N–H and O–H groups in total. The molecule has 0 saturated carbocycles. The van der Waals surface area contributed by atoms with Gasteiger partial charge in [-0.1, -0.05) is 0 Å². The maximum absolute atomic E-state index is 13.9. The number of benzene rings is 1. The van der Waals surface area contributed by atoms with Gasteiger partial charge in [0.05, 0.1) is 23.1 Å². The Bertz CT molecular complexity index is 774. The van der Waals surface area contributed by atoms with Crippen LogP contribution < -0.4 is 5.73 Å². The van der Waals surface area contributed by atoms with Gasteiger partial charge < -0.3 is 5.73 Å². The molecule has 0 radical (unpaired) electrons. The summed E-state index contributed by atoms with van der Waals surface area (Å²) in [5.41, 5.74) is 6.20. The fraction of sp³-hybridized carbons (Fsp3) is 0.417. The summed E-state index contributed by atoms with van der Waals surface area (Å²) >= 11 is 0. The Morgan fingerprint density at radius 3 is 2.95 bits per heavy atom. The minimum absolute atomic E-state index is 0.124. The number of nitrogen functional groups attached to an aromatic ring is 1. The molecule has 0 spiro atoms. The lowest BCUT2D eigenvalue weighted by atomic mass is 10.1. The molecule has 0 aliphatic carbocycles. The molecule has 112 valence electrons. The Hall–Kier alpha value is -2.03. The zero-order chi connectivity index (χ0) is 15.0. The first-order chi connectivity index (χ1) is 9.97. The highest BCUT2D eigenvalue weighted by molar-refractivity contribution is 7.92. The number of halogens is 1. The molecule has 1 atom stereocenters. The number of rotatable bonds is 3. The van der Waals surface area contributed by atoms with Crippen LogP contribution >= 0.6 is 0 Å². The van der Waals surface area contributed by atoms with Gasteiger partial charge in [0.2, 0.25) is 0 Å². The first kappa shape index (κ1) is 13.9. The summed E-state index contributed by atoms with van der Waals surface area (Å²) in [7, 11) is -3.12. The molecule has 1 aromatic carbocycles. The Kier molecular flexibility index (Phi) is 3.36. The quantitative estimate of drug-likeness (QED) is 0.834. The van der Waals surface area contributed by atoms with E-state index in [1.54, 1.807) is 0 Å². The SMILES string of the molecule is Nc1ccc(F)c(-c2nnnn2CC2CCCS2(=O)=O)c1. The van der Waals surface area contributed by atoms with Gasteiger partial charge in [0.1, 0.15) is 5.82 Å². The standard InChI is InChI=1S/C12H14FN5O2S/c13-11-4-3-8(14)6-10(11)12-15-16-17-18(12)7-9-2-1-5-21(9,19)20/h3-4,6,9H,1-2,5,7,14H2. The minimum atomic E-state index is -3.12. The molecule has 1 unspecified atom stereocenters. The van der Waals surface area contributed by atoms with Crippen LogP contribution in [0.25, 0.3) is 11.4 Å². The number of anilines is 1. The third-order valence-corrected chi connectivity index (χ3v) is 5.86. The highest BCUT2D eigenvalue weighted by Crippen LogP contribution is 2.25. The van der Waals surface area contributed by atoms with Crippen LogP contribution in [0.1, 0.15) is 12.8 Å². The van der Waals surface area contributed by atoms with E-state index < -0.39 is 20.9 Å². The van der Waals surface area contributed by atoms with E-state index in [2.05, 4.69) is 15.5 Å². The molecule has 0 bridgehead atoms. The van der Waals surface area contributed by atoms with E-state index in [-0.39, 0.29) is 23.7 Å². The summed E-state index contributed by atoms with van der Waals surface area (Å²) in [5.74, 6) is -0.140. The number of sulfone groups is 1. The molecule has 2 heterocycles. The average molecular weight is 311 g/mol. The van der Waals surface area contributed by atoms with Crippen LogP contribution in [0.15, 0.2) is 18.2 Å². The monoisotopic (exact) mass is 311 g/mol. The van der Waals surface area contributed by atoms with Crippen molar-refractivity contribution in [3.05, 3.63) is 24.0 Å². The van der Waals surface area contributed by atoms with Gasteiger partial charge in [0.15, 0.2) is 15.7 Å². The van der Waals surface area contributed by atoms with Gasteiger partial charge in [0, 0.05) is 5.69 Å². The molecule has 3 rings (SSSR count). The van der Waals surface area contributed by atoms with Gasteiger partial charge >= 0.3 is 0 Å². The number of aromatic nitrogens is 4. The Morgan fingerprint density at radius 2 is 2.24 bits per heavy atom. The average Bonchev–Trinajstić information content (AvgIpc) is 3.00. The lowest BCUT2D eigenvalue weighted by Gasteiger charge is -2.11. The van der Waals surface area contributed by atoms with Crippen molar-refractivity contribution in [2.24, 2.45) is 0 Å². The van der Waals surface area contributed by atoms with E-state index in [0.717, 1.165) is 0 Å². The number of tetrazole rings is 1. The van der Waals surface area contributed by atoms with Crippen molar-refractivity contribution in [3.8, 4) is 11.4 Å². The number of hydrogen-bond donors (Lipinski definition) is 1. The molecular weight excluding hydrogens is 297 g/mol. The van der Waals surface area contributed by atoms with E-state index in [1.807, 2.05) is 0 Å². The molecule has 2 aromatic rings. The topological polar surface area (TPSA) is 104 Å². The zero-order valence-corrected chi connectivity index (χ0v) is 11.9. The summed E-state index contributed by atoms with van der Waals surface area (Å²) < 4.78 is 39.0. The molecule has 9 heteroatoms.